The maximum absolute atomic E-state index is 12.9. The molecule has 102 valence electrons. The van der Waals surface area contributed by atoms with Gasteiger partial charge in [0.2, 0.25) is 0 Å². The van der Waals surface area contributed by atoms with E-state index in [9.17, 15) is 9.18 Å². The fourth-order valence-corrected chi connectivity index (χ4v) is 1.74. The topological polar surface area (TPSA) is 46.5 Å². The highest BCUT2D eigenvalue weighted by atomic mass is 35.5. The van der Waals surface area contributed by atoms with Crippen molar-refractivity contribution in [3.63, 3.8) is 0 Å². The summed E-state index contributed by atoms with van der Waals surface area (Å²) in [4.78, 5) is 10.5. The zero-order valence-electron chi connectivity index (χ0n) is 10.2. The molecule has 0 spiro atoms. The van der Waals surface area contributed by atoms with Crippen molar-refractivity contribution in [2.75, 3.05) is 0 Å². The number of hydrogen-bond donors (Lipinski definition) is 1. The van der Waals surface area contributed by atoms with Crippen molar-refractivity contribution < 1.29 is 19.0 Å². The lowest BCUT2D eigenvalue weighted by molar-refractivity contribution is -0.131. The van der Waals surface area contributed by atoms with Crippen LogP contribution in [0, 0.1) is 5.82 Å². The number of carbonyl (C=O) groups is 1. The first-order chi connectivity index (χ1) is 9.54. The number of rotatable bonds is 4. The predicted molar refractivity (Wildman–Crippen MR) is 74.6 cm³/mol. The molecule has 0 aliphatic rings. The molecule has 0 aliphatic heterocycles. The van der Waals surface area contributed by atoms with Crippen molar-refractivity contribution in [3.8, 4) is 11.5 Å². The summed E-state index contributed by atoms with van der Waals surface area (Å²) in [6, 6.07) is 10.6. The highest BCUT2D eigenvalue weighted by Crippen LogP contribution is 2.30. The second-order valence-electron chi connectivity index (χ2n) is 3.92. The van der Waals surface area contributed by atoms with E-state index < -0.39 is 11.8 Å². The Kier molecular flexibility index (Phi) is 4.38. The maximum atomic E-state index is 12.9. The van der Waals surface area contributed by atoms with Crippen molar-refractivity contribution in [1.82, 2.24) is 0 Å². The van der Waals surface area contributed by atoms with Gasteiger partial charge in [-0.2, -0.15) is 0 Å². The number of benzene rings is 2. The van der Waals surface area contributed by atoms with Gasteiger partial charge >= 0.3 is 5.97 Å². The number of halogens is 2. The largest absolute Gasteiger partial charge is 0.478 e. The Morgan fingerprint density at radius 2 is 2.05 bits per heavy atom. The number of carboxylic acid groups (broad SMARTS) is 1. The van der Waals surface area contributed by atoms with E-state index in [1.165, 1.54) is 18.2 Å². The molecule has 0 amide bonds. The Bertz CT molecular complexity index is 668. The van der Waals surface area contributed by atoms with Gasteiger partial charge in [0, 0.05) is 6.08 Å². The zero-order valence-corrected chi connectivity index (χ0v) is 11.0. The van der Waals surface area contributed by atoms with Crippen molar-refractivity contribution in [1.29, 1.82) is 0 Å². The molecule has 2 rings (SSSR count). The average Bonchev–Trinajstić information content (AvgIpc) is 2.40. The quantitative estimate of drug-likeness (QED) is 0.851. The van der Waals surface area contributed by atoms with E-state index in [0.717, 1.165) is 12.1 Å². The van der Waals surface area contributed by atoms with E-state index in [0.29, 0.717) is 17.1 Å². The van der Waals surface area contributed by atoms with Crippen LogP contribution in [0.3, 0.4) is 0 Å². The van der Waals surface area contributed by atoms with Crippen LogP contribution in [0.25, 0.3) is 6.08 Å². The molecule has 5 heteroatoms. The minimum atomic E-state index is -1.03. The first-order valence-electron chi connectivity index (χ1n) is 5.68. The molecule has 0 heterocycles. The molecule has 3 nitrogen and oxygen atoms in total. The van der Waals surface area contributed by atoms with Crippen molar-refractivity contribution in [2.45, 2.75) is 0 Å². The van der Waals surface area contributed by atoms with E-state index in [1.807, 2.05) is 0 Å². The van der Waals surface area contributed by atoms with E-state index in [-0.39, 0.29) is 5.02 Å². The van der Waals surface area contributed by atoms with E-state index in [1.54, 1.807) is 24.3 Å². The lowest BCUT2D eigenvalue weighted by atomic mass is 10.2. The number of ether oxygens (including phenoxy) is 1. The molecular formula is C15H10ClFO3. The highest BCUT2D eigenvalue weighted by Gasteiger charge is 2.04. The Morgan fingerprint density at radius 3 is 2.75 bits per heavy atom. The van der Waals surface area contributed by atoms with Gasteiger partial charge in [-0.15, -0.1) is 0 Å². The lowest BCUT2D eigenvalue weighted by Gasteiger charge is -2.08. The molecule has 2 aromatic carbocycles. The summed E-state index contributed by atoms with van der Waals surface area (Å²) < 4.78 is 18.5. The first kappa shape index (κ1) is 14.1. The van der Waals surface area contributed by atoms with Crippen molar-refractivity contribution >= 4 is 23.6 Å². The molecule has 0 aromatic heterocycles. The molecule has 0 radical (unpaired) electrons. The van der Waals surface area contributed by atoms with E-state index >= 15 is 0 Å². The standard InChI is InChI=1S/C15H10ClFO3/c16-13-9-11(17)5-6-14(13)20-12-3-1-2-10(8-12)4-7-15(18)19/h1-9H,(H,18,19). The lowest BCUT2D eigenvalue weighted by Crippen LogP contribution is -1.88. The van der Waals surface area contributed by atoms with Crippen LogP contribution in [0.5, 0.6) is 11.5 Å². The van der Waals surface area contributed by atoms with Crippen LogP contribution in [0.15, 0.2) is 48.5 Å². The monoisotopic (exact) mass is 292 g/mol. The number of aliphatic carboxylic acids is 1. The molecular weight excluding hydrogens is 283 g/mol. The van der Waals surface area contributed by atoms with Crippen LogP contribution >= 0.6 is 11.6 Å². The third-order valence-electron chi connectivity index (χ3n) is 2.40. The smallest absolute Gasteiger partial charge is 0.328 e. The summed E-state index contributed by atoms with van der Waals surface area (Å²) in [7, 11) is 0. The van der Waals surface area contributed by atoms with E-state index in [2.05, 4.69) is 0 Å². The normalized spacial score (nSPS) is 10.7. The second kappa shape index (κ2) is 6.21. The van der Waals surface area contributed by atoms with Crippen molar-refractivity contribution in [2.24, 2.45) is 0 Å². The summed E-state index contributed by atoms with van der Waals surface area (Å²) in [6.07, 6.45) is 2.48. The summed E-state index contributed by atoms with van der Waals surface area (Å²) in [5.41, 5.74) is 0.670. The Labute approximate surface area is 119 Å². The van der Waals surface area contributed by atoms with Crippen LogP contribution < -0.4 is 4.74 Å². The van der Waals surface area contributed by atoms with Gasteiger partial charge in [-0.1, -0.05) is 23.7 Å². The molecule has 0 fully saturated rings. The van der Waals surface area contributed by atoms with Crippen LogP contribution in [0.4, 0.5) is 4.39 Å². The van der Waals surface area contributed by atoms with Gasteiger partial charge in [0.05, 0.1) is 5.02 Å². The van der Waals surface area contributed by atoms with Crippen LogP contribution in [0.2, 0.25) is 5.02 Å². The van der Waals surface area contributed by atoms with Gasteiger partial charge in [0.15, 0.2) is 0 Å². The molecule has 0 saturated heterocycles. The summed E-state index contributed by atoms with van der Waals surface area (Å²) in [6.45, 7) is 0. The zero-order chi connectivity index (χ0) is 14.5. The second-order valence-corrected chi connectivity index (χ2v) is 4.33. The number of carboxylic acids is 1. The Morgan fingerprint density at radius 1 is 1.25 bits per heavy atom. The number of hydrogen-bond acceptors (Lipinski definition) is 2. The van der Waals surface area contributed by atoms with Gasteiger partial charge in [0.25, 0.3) is 0 Å². The van der Waals surface area contributed by atoms with Crippen molar-refractivity contribution in [3.05, 3.63) is 64.9 Å². The van der Waals surface area contributed by atoms with Gasteiger partial charge in [-0.3, -0.25) is 0 Å². The van der Waals surface area contributed by atoms with Gasteiger partial charge in [0.1, 0.15) is 17.3 Å². The Hall–Kier alpha value is -2.33. The molecule has 0 saturated carbocycles. The average molecular weight is 293 g/mol. The van der Waals surface area contributed by atoms with E-state index in [4.69, 9.17) is 21.4 Å². The van der Waals surface area contributed by atoms with Crippen LogP contribution in [0.1, 0.15) is 5.56 Å². The fourth-order valence-electron chi connectivity index (χ4n) is 1.53. The molecule has 2 aromatic rings. The summed E-state index contributed by atoms with van der Waals surface area (Å²) in [5.74, 6) is -0.670. The fraction of sp³-hybridized carbons (Fsp3) is 0. The maximum Gasteiger partial charge on any atom is 0.328 e. The van der Waals surface area contributed by atoms with Gasteiger partial charge in [-0.05, 0) is 42.0 Å². The molecule has 0 bridgehead atoms. The Balaban J connectivity index is 2.21. The molecule has 1 N–H and O–H groups in total. The molecule has 20 heavy (non-hydrogen) atoms. The SMILES string of the molecule is O=C(O)C=Cc1cccc(Oc2ccc(F)cc2Cl)c1. The summed E-state index contributed by atoms with van der Waals surface area (Å²) >= 11 is 5.87. The van der Waals surface area contributed by atoms with Gasteiger partial charge in [-0.25, -0.2) is 9.18 Å². The van der Waals surface area contributed by atoms with Gasteiger partial charge < -0.3 is 9.84 Å². The summed E-state index contributed by atoms with van der Waals surface area (Å²) in [5, 5.41) is 8.73. The molecule has 0 unspecified atom stereocenters. The third kappa shape index (κ3) is 3.83. The van der Waals surface area contributed by atoms with Crippen LogP contribution in [-0.4, -0.2) is 11.1 Å². The third-order valence-corrected chi connectivity index (χ3v) is 2.69. The molecule has 0 aliphatic carbocycles. The highest BCUT2D eigenvalue weighted by molar-refractivity contribution is 6.32. The minimum absolute atomic E-state index is 0.163. The molecule has 0 atom stereocenters. The van der Waals surface area contributed by atoms with Crippen LogP contribution in [-0.2, 0) is 4.79 Å². The first-order valence-corrected chi connectivity index (χ1v) is 6.06. The predicted octanol–water partition coefficient (Wildman–Crippen LogP) is 4.37. The minimum Gasteiger partial charge on any atom is -0.478 e.